The lowest BCUT2D eigenvalue weighted by Crippen LogP contribution is -2.37. The van der Waals surface area contributed by atoms with Gasteiger partial charge in [0.1, 0.15) is 0 Å². The van der Waals surface area contributed by atoms with Crippen molar-refractivity contribution in [3.63, 3.8) is 0 Å². The van der Waals surface area contributed by atoms with Gasteiger partial charge in [0.25, 0.3) is 0 Å². The van der Waals surface area contributed by atoms with Gasteiger partial charge >= 0.3 is 0 Å². The summed E-state index contributed by atoms with van der Waals surface area (Å²) in [5.74, 6) is 0. The van der Waals surface area contributed by atoms with Crippen LogP contribution in [0.2, 0.25) is 0 Å². The molecule has 0 atom stereocenters. The Hall–Kier alpha value is -0.690. The molecule has 1 aromatic heterocycles. The van der Waals surface area contributed by atoms with Crippen molar-refractivity contribution >= 4 is 16.5 Å². The predicted molar refractivity (Wildman–Crippen MR) is 75.6 cm³/mol. The lowest BCUT2D eigenvalue weighted by atomic mass is 10.1. The fraction of sp³-hybridized carbons (Fsp3) is 0.769. The van der Waals surface area contributed by atoms with Gasteiger partial charge in [0, 0.05) is 26.8 Å². The van der Waals surface area contributed by atoms with Crippen molar-refractivity contribution in [3.8, 4) is 0 Å². The molecular formula is C13H22N2O3S. The first-order valence-electron chi connectivity index (χ1n) is 6.73. The first-order valence-corrected chi connectivity index (χ1v) is 7.55. The summed E-state index contributed by atoms with van der Waals surface area (Å²) < 4.78 is 10.8. The number of ether oxygens (including phenoxy) is 2. The summed E-state index contributed by atoms with van der Waals surface area (Å²) in [5.41, 5.74) is 0.858. The molecule has 0 spiro atoms. The Kier molecular flexibility index (Phi) is 5.57. The van der Waals surface area contributed by atoms with Gasteiger partial charge in [0.05, 0.1) is 29.9 Å². The maximum absolute atomic E-state index is 9.35. The summed E-state index contributed by atoms with van der Waals surface area (Å²) in [6.45, 7) is 5.25. The van der Waals surface area contributed by atoms with E-state index in [1.807, 2.05) is 6.92 Å². The second kappa shape index (κ2) is 7.19. The lowest BCUT2D eigenvalue weighted by molar-refractivity contribution is 0.0459. The standard InChI is InChI=1S/C13H22N2O3S/c1-3-18-10-4-6-15(7-5-10)13-14-11(9-17-2)12(8-16)19-13/h10,16H,3-9H2,1-2H3. The number of aliphatic hydroxyl groups is 1. The normalized spacial score (nSPS) is 17.1. The number of hydrogen-bond acceptors (Lipinski definition) is 6. The number of aliphatic hydroxyl groups excluding tert-OH is 1. The minimum atomic E-state index is 0.0335. The van der Waals surface area contributed by atoms with Gasteiger partial charge in [-0.05, 0) is 19.8 Å². The van der Waals surface area contributed by atoms with Crippen LogP contribution in [0.5, 0.6) is 0 Å². The second-order valence-electron chi connectivity index (χ2n) is 4.60. The molecule has 1 N–H and O–H groups in total. The van der Waals surface area contributed by atoms with Gasteiger partial charge in [-0.1, -0.05) is 11.3 Å². The molecule has 0 radical (unpaired) electrons. The maximum atomic E-state index is 9.35. The zero-order valence-corrected chi connectivity index (χ0v) is 12.4. The van der Waals surface area contributed by atoms with Crippen LogP contribution in [-0.4, -0.2) is 43.0 Å². The topological polar surface area (TPSA) is 54.8 Å². The Morgan fingerprint density at radius 1 is 1.42 bits per heavy atom. The third-order valence-electron chi connectivity index (χ3n) is 3.31. The minimum Gasteiger partial charge on any atom is -0.391 e. The molecule has 0 bridgehead atoms. The molecule has 2 heterocycles. The number of anilines is 1. The summed E-state index contributed by atoms with van der Waals surface area (Å²) in [7, 11) is 1.65. The van der Waals surface area contributed by atoms with E-state index >= 15 is 0 Å². The molecule has 0 aliphatic carbocycles. The number of methoxy groups -OCH3 is 1. The van der Waals surface area contributed by atoms with Crippen LogP contribution >= 0.6 is 11.3 Å². The molecule has 108 valence electrons. The average molecular weight is 286 g/mol. The van der Waals surface area contributed by atoms with Gasteiger partial charge in [-0.15, -0.1) is 0 Å². The Morgan fingerprint density at radius 3 is 2.74 bits per heavy atom. The monoisotopic (exact) mass is 286 g/mol. The van der Waals surface area contributed by atoms with Crippen molar-refractivity contribution < 1.29 is 14.6 Å². The van der Waals surface area contributed by atoms with Crippen LogP contribution in [0.1, 0.15) is 30.3 Å². The van der Waals surface area contributed by atoms with Crippen LogP contribution in [0.15, 0.2) is 0 Å². The smallest absolute Gasteiger partial charge is 0.185 e. The van der Waals surface area contributed by atoms with Gasteiger partial charge in [-0.3, -0.25) is 0 Å². The van der Waals surface area contributed by atoms with Crippen LogP contribution in [0.3, 0.4) is 0 Å². The molecule has 5 nitrogen and oxygen atoms in total. The Balaban J connectivity index is 1.99. The highest BCUT2D eigenvalue weighted by molar-refractivity contribution is 7.15. The largest absolute Gasteiger partial charge is 0.391 e. The van der Waals surface area contributed by atoms with Crippen LogP contribution in [0.25, 0.3) is 0 Å². The number of hydrogen-bond donors (Lipinski definition) is 1. The maximum Gasteiger partial charge on any atom is 0.185 e. The molecule has 0 aromatic carbocycles. The first-order chi connectivity index (χ1) is 9.28. The van der Waals surface area contributed by atoms with Gasteiger partial charge in [-0.2, -0.15) is 0 Å². The van der Waals surface area contributed by atoms with Crippen molar-refractivity contribution in [1.82, 2.24) is 4.98 Å². The minimum absolute atomic E-state index is 0.0335. The molecule has 6 heteroatoms. The number of rotatable bonds is 6. The lowest BCUT2D eigenvalue weighted by Gasteiger charge is -2.31. The van der Waals surface area contributed by atoms with Crippen LogP contribution in [0.4, 0.5) is 5.13 Å². The highest BCUT2D eigenvalue weighted by Crippen LogP contribution is 2.29. The molecular weight excluding hydrogens is 264 g/mol. The summed E-state index contributed by atoms with van der Waals surface area (Å²) in [6.07, 6.45) is 2.47. The molecule has 1 saturated heterocycles. The van der Waals surface area contributed by atoms with Crippen LogP contribution in [-0.2, 0) is 22.7 Å². The Bertz CT molecular complexity index is 389. The van der Waals surface area contributed by atoms with E-state index in [4.69, 9.17) is 9.47 Å². The zero-order chi connectivity index (χ0) is 13.7. The molecule has 0 amide bonds. The molecule has 19 heavy (non-hydrogen) atoms. The third kappa shape index (κ3) is 3.66. The fourth-order valence-corrected chi connectivity index (χ4v) is 3.30. The first kappa shape index (κ1) is 14.7. The number of nitrogens with zero attached hydrogens (tertiary/aromatic N) is 2. The second-order valence-corrected chi connectivity index (χ2v) is 5.66. The van der Waals surface area contributed by atoms with E-state index in [-0.39, 0.29) is 6.61 Å². The SMILES string of the molecule is CCOC1CCN(c2nc(COC)c(CO)s2)CC1. The van der Waals surface area contributed by atoms with Gasteiger partial charge in [-0.25, -0.2) is 4.98 Å². The van der Waals surface area contributed by atoms with Crippen LogP contribution in [0, 0.1) is 0 Å². The molecule has 0 saturated carbocycles. The van der Waals surface area contributed by atoms with Crippen molar-refractivity contribution in [2.45, 2.75) is 39.1 Å². The van der Waals surface area contributed by atoms with Crippen molar-refractivity contribution in [3.05, 3.63) is 10.6 Å². The van der Waals surface area contributed by atoms with Crippen molar-refractivity contribution in [2.24, 2.45) is 0 Å². The summed E-state index contributed by atoms with van der Waals surface area (Å²) in [4.78, 5) is 7.77. The van der Waals surface area contributed by atoms with E-state index < -0.39 is 0 Å². The molecule has 2 rings (SSSR count). The van der Waals surface area contributed by atoms with Crippen molar-refractivity contribution in [1.29, 1.82) is 0 Å². The number of aromatic nitrogens is 1. The number of piperidine rings is 1. The Labute approximate surface area is 118 Å². The highest BCUT2D eigenvalue weighted by Gasteiger charge is 2.22. The Morgan fingerprint density at radius 2 is 2.16 bits per heavy atom. The van der Waals surface area contributed by atoms with E-state index in [1.54, 1.807) is 18.4 Å². The zero-order valence-electron chi connectivity index (χ0n) is 11.6. The van der Waals surface area contributed by atoms with Gasteiger partial charge in [0.15, 0.2) is 5.13 Å². The molecule has 1 fully saturated rings. The number of thiazole rings is 1. The average Bonchev–Trinajstić information content (AvgIpc) is 2.84. The highest BCUT2D eigenvalue weighted by atomic mass is 32.1. The third-order valence-corrected chi connectivity index (χ3v) is 4.45. The van der Waals surface area contributed by atoms with E-state index in [0.717, 1.165) is 48.2 Å². The molecule has 1 aromatic rings. The van der Waals surface area contributed by atoms with Gasteiger partial charge in [0.2, 0.25) is 0 Å². The summed E-state index contributed by atoms with van der Waals surface area (Å²) in [5, 5.41) is 10.3. The van der Waals surface area contributed by atoms with Crippen molar-refractivity contribution in [2.75, 3.05) is 31.7 Å². The quantitative estimate of drug-likeness (QED) is 0.864. The summed E-state index contributed by atoms with van der Waals surface area (Å²) >= 11 is 1.56. The summed E-state index contributed by atoms with van der Waals surface area (Å²) in [6, 6.07) is 0. The van der Waals surface area contributed by atoms with E-state index in [2.05, 4.69) is 9.88 Å². The van der Waals surface area contributed by atoms with E-state index in [1.165, 1.54) is 0 Å². The predicted octanol–water partition coefficient (Wildman–Crippen LogP) is 1.79. The van der Waals surface area contributed by atoms with E-state index in [9.17, 15) is 5.11 Å². The van der Waals surface area contributed by atoms with E-state index in [0.29, 0.717) is 12.7 Å². The van der Waals surface area contributed by atoms with Crippen LogP contribution < -0.4 is 4.90 Å². The molecule has 0 unspecified atom stereocenters. The van der Waals surface area contributed by atoms with Gasteiger partial charge < -0.3 is 19.5 Å². The molecule has 1 aliphatic rings. The molecule has 1 aliphatic heterocycles. The fourth-order valence-electron chi connectivity index (χ4n) is 2.33.